The van der Waals surface area contributed by atoms with E-state index in [0.29, 0.717) is 32.2 Å². The highest BCUT2D eigenvalue weighted by molar-refractivity contribution is 7.09. The van der Waals surface area contributed by atoms with Crippen LogP contribution in [0.4, 0.5) is 0 Å². The molecule has 6 nitrogen and oxygen atoms in total. The molecule has 132 valence electrons. The SMILES string of the molecule is Cc1nc(CN2CC[C@H]3C[C@H](C(=O)N4CCOCC4)O[C@H]3C2)cs1. The fourth-order valence-electron chi connectivity index (χ4n) is 3.99. The van der Waals surface area contributed by atoms with Crippen molar-refractivity contribution in [2.24, 2.45) is 5.92 Å². The molecular weight excluding hydrogens is 326 g/mol. The summed E-state index contributed by atoms with van der Waals surface area (Å²) in [5.74, 6) is 0.683. The zero-order valence-corrected chi connectivity index (χ0v) is 15.0. The normalized spacial score (nSPS) is 31.2. The van der Waals surface area contributed by atoms with Gasteiger partial charge in [0.25, 0.3) is 5.91 Å². The average molecular weight is 351 g/mol. The van der Waals surface area contributed by atoms with Gasteiger partial charge in [-0.25, -0.2) is 4.98 Å². The minimum atomic E-state index is -0.250. The van der Waals surface area contributed by atoms with Crippen molar-refractivity contribution in [3.05, 3.63) is 16.1 Å². The van der Waals surface area contributed by atoms with Crippen LogP contribution in [0.2, 0.25) is 0 Å². The summed E-state index contributed by atoms with van der Waals surface area (Å²) in [5.41, 5.74) is 1.15. The Balaban J connectivity index is 1.32. The van der Waals surface area contributed by atoms with E-state index in [4.69, 9.17) is 9.47 Å². The van der Waals surface area contributed by atoms with Gasteiger partial charge in [0.05, 0.1) is 30.0 Å². The number of amides is 1. The smallest absolute Gasteiger partial charge is 0.251 e. The molecule has 0 aromatic carbocycles. The number of rotatable bonds is 3. The molecule has 4 heterocycles. The van der Waals surface area contributed by atoms with Crippen LogP contribution in [0.25, 0.3) is 0 Å². The zero-order valence-electron chi connectivity index (χ0n) is 14.1. The number of carbonyl (C=O) groups is 1. The van der Waals surface area contributed by atoms with E-state index >= 15 is 0 Å². The third kappa shape index (κ3) is 3.49. The van der Waals surface area contributed by atoms with Crippen molar-refractivity contribution in [1.82, 2.24) is 14.8 Å². The Kier molecular flexibility index (Phi) is 4.85. The number of likely N-dealkylation sites (tertiary alicyclic amines) is 1. The second-order valence-electron chi connectivity index (χ2n) is 6.98. The first-order chi connectivity index (χ1) is 11.7. The predicted molar refractivity (Wildman–Crippen MR) is 90.9 cm³/mol. The Morgan fingerprint density at radius 2 is 2.21 bits per heavy atom. The first kappa shape index (κ1) is 16.4. The van der Waals surface area contributed by atoms with Crippen molar-refractivity contribution < 1.29 is 14.3 Å². The molecule has 24 heavy (non-hydrogen) atoms. The second kappa shape index (κ2) is 7.07. The first-order valence-corrected chi connectivity index (χ1v) is 9.72. The predicted octanol–water partition coefficient (Wildman–Crippen LogP) is 1.29. The molecule has 3 atom stereocenters. The lowest BCUT2D eigenvalue weighted by molar-refractivity contribution is -0.147. The highest BCUT2D eigenvalue weighted by atomic mass is 32.1. The topological polar surface area (TPSA) is 54.9 Å². The summed E-state index contributed by atoms with van der Waals surface area (Å²) in [6, 6.07) is 0. The van der Waals surface area contributed by atoms with Crippen LogP contribution < -0.4 is 0 Å². The third-order valence-electron chi connectivity index (χ3n) is 5.29. The van der Waals surface area contributed by atoms with Crippen LogP contribution in [0.1, 0.15) is 23.5 Å². The molecule has 0 aliphatic carbocycles. The van der Waals surface area contributed by atoms with Crippen LogP contribution in [0.5, 0.6) is 0 Å². The molecule has 3 aliphatic rings. The summed E-state index contributed by atoms with van der Waals surface area (Å²) < 4.78 is 11.5. The van der Waals surface area contributed by atoms with Gasteiger partial charge in [-0.3, -0.25) is 9.69 Å². The summed E-state index contributed by atoms with van der Waals surface area (Å²) in [7, 11) is 0. The summed E-state index contributed by atoms with van der Waals surface area (Å²) in [6.07, 6.45) is 1.93. The molecule has 3 fully saturated rings. The summed E-state index contributed by atoms with van der Waals surface area (Å²) >= 11 is 1.70. The van der Waals surface area contributed by atoms with Crippen LogP contribution >= 0.6 is 11.3 Å². The van der Waals surface area contributed by atoms with E-state index < -0.39 is 0 Å². The molecule has 3 aliphatic heterocycles. The molecule has 3 saturated heterocycles. The van der Waals surface area contributed by atoms with Gasteiger partial charge in [-0.2, -0.15) is 0 Å². The lowest BCUT2D eigenvalue weighted by Crippen LogP contribution is -2.46. The number of thiazole rings is 1. The Morgan fingerprint density at radius 3 is 2.96 bits per heavy atom. The Bertz CT molecular complexity index is 587. The monoisotopic (exact) mass is 351 g/mol. The average Bonchev–Trinajstić information content (AvgIpc) is 3.20. The molecular formula is C17H25N3O3S. The van der Waals surface area contributed by atoms with Crippen LogP contribution in [-0.4, -0.2) is 72.3 Å². The number of aromatic nitrogens is 1. The lowest BCUT2D eigenvalue weighted by Gasteiger charge is -2.33. The number of fused-ring (bicyclic) bond motifs is 1. The highest BCUT2D eigenvalue weighted by Crippen LogP contribution is 2.34. The third-order valence-corrected chi connectivity index (χ3v) is 6.11. The van der Waals surface area contributed by atoms with Gasteiger partial charge in [0.1, 0.15) is 6.10 Å². The highest BCUT2D eigenvalue weighted by Gasteiger charge is 2.43. The van der Waals surface area contributed by atoms with Crippen LogP contribution in [0, 0.1) is 12.8 Å². The number of ether oxygens (including phenoxy) is 2. The van der Waals surface area contributed by atoms with Crippen LogP contribution in [-0.2, 0) is 20.8 Å². The molecule has 1 aromatic heterocycles. The molecule has 1 amide bonds. The van der Waals surface area contributed by atoms with Crippen molar-refractivity contribution in [1.29, 1.82) is 0 Å². The van der Waals surface area contributed by atoms with Crippen molar-refractivity contribution in [2.45, 2.75) is 38.5 Å². The number of carbonyl (C=O) groups excluding carboxylic acids is 1. The molecule has 1 aromatic rings. The van der Waals surface area contributed by atoms with E-state index in [1.165, 1.54) is 0 Å². The number of hydrogen-bond donors (Lipinski definition) is 0. The van der Waals surface area contributed by atoms with Crippen LogP contribution in [0.3, 0.4) is 0 Å². The molecule has 4 rings (SSSR count). The quantitative estimate of drug-likeness (QED) is 0.821. The maximum Gasteiger partial charge on any atom is 0.251 e. The Labute approximate surface area is 146 Å². The number of morpholine rings is 1. The molecule has 0 N–H and O–H groups in total. The Morgan fingerprint density at radius 1 is 1.38 bits per heavy atom. The molecule has 0 saturated carbocycles. The maximum atomic E-state index is 12.6. The van der Waals surface area contributed by atoms with E-state index in [1.54, 1.807) is 11.3 Å². The van der Waals surface area contributed by atoms with Gasteiger partial charge in [-0.15, -0.1) is 11.3 Å². The molecule has 0 radical (unpaired) electrons. The minimum absolute atomic E-state index is 0.161. The summed E-state index contributed by atoms with van der Waals surface area (Å²) in [4.78, 5) is 21.5. The number of piperidine rings is 1. The van der Waals surface area contributed by atoms with Crippen molar-refractivity contribution in [3.8, 4) is 0 Å². The number of nitrogens with zero attached hydrogens (tertiary/aromatic N) is 3. The van der Waals surface area contributed by atoms with E-state index in [9.17, 15) is 4.79 Å². The zero-order chi connectivity index (χ0) is 16.5. The van der Waals surface area contributed by atoms with E-state index in [0.717, 1.165) is 43.2 Å². The van der Waals surface area contributed by atoms with E-state index in [-0.39, 0.29) is 18.1 Å². The van der Waals surface area contributed by atoms with Crippen LogP contribution in [0.15, 0.2) is 5.38 Å². The van der Waals surface area contributed by atoms with E-state index in [1.807, 2.05) is 11.8 Å². The van der Waals surface area contributed by atoms with Gasteiger partial charge in [-0.05, 0) is 32.2 Å². The van der Waals surface area contributed by atoms with Crippen molar-refractivity contribution >= 4 is 17.2 Å². The minimum Gasteiger partial charge on any atom is -0.378 e. The van der Waals surface area contributed by atoms with Gasteiger partial charge in [0, 0.05) is 31.6 Å². The van der Waals surface area contributed by atoms with E-state index in [2.05, 4.69) is 15.3 Å². The maximum absolute atomic E-state index is 12.6. The lowest BCUT2D eigenvalue weighted by atomic mass is 9.91. The first-order valence-electron chi connectivity index (χ1n) is 8.84. The fourth-order valence-corrected chi connectivity index (χ4v) is 4.60. The van der Waals surface area contributed by atoms with Crippen molar-refractivity contribution in [3.63, 3.8) is 0 Å². The van der Waals surface area contributed by atoms with Gasteiger partial charge in [0.2, 0.25) is 0 Å². The fraction of sp³-hybridized carbons (Fsp3) is 0.765. The van der Waals surface area contributed by atoms with Gasteiger partial charge < -0.3 is 14.4 Å². The molecule has 0 bridgehead atoms. The van der Waals surface area contributed by atoms with Gasteiger partial charge in [-0.1, -0.05) is 0 Å². The second-order valence-corrected chi connectivity index (χ2v) is 8.04. The molecule has 0 spiro atoms. The Hall–Kier alpha value is -1.02. The molecule has 7 heteroatoms. The van der Waals surface area contributed by atoms with Gasteiger partial charge >= 0.3 is 0 Å². The molecule has 0 unspecified atom stereocenters. The summed E-state index contributed by atoms with van der Waals surface area (Å²) in [5, 5.41) is 3.26. The van der Waals surface area contributed by atoms with Crippen molar-refractivity contribution in [2.75, 3.05) is 39.4 Å². The standard InChI is InChI=1S/C17H25N3O3S/c1-12-18-14(11-24-12)9-19-3-2-13-8-15(23-16(13)10-19)17(21)20-4-6-22-7-5-20/h11,13,15-16H,2-10H2,1H3/t13-,15+,16-/m0/s1. The number of aryl methyl sites for hydroxylation is 1. The largest absolute Gasteiger partial charge is 0.378 e. The summed E-state index contributed by atoms with van der Waals surface area (Å²) in [6.45, 7) is 7.60. The number of hydrogen-bond acceptors (Lipinski definition) is 6. The van der Waals surface area contributed by atoms with Gasteiger partial charge in [0.15, 0.2) is 0 Å².